The quantitative estimate of drug-likeness (QED) is 0.692. The minimum absolute atomic E-state index is 0.746. The van der Waals surface area contributed by atoms with Gasteiger partial charge >= 0.3 is 0 Å². The summed E-state index contributed by atoms with van der Waals surface area (Å²) in [5.41, 5.74) is 3.83. The van der Waals surface area contributed by atoms with Gasteiger partial charge in [0.05, 0.1) is 22.4 Å². The molecule has 1 aromatic carbocycles. The van der Waals surface area contributed by atoms with E-state index < -0.39 is 0 Å². The second-order valence-electron chi connectivity index (χ2n) is 4.62. The van der Waals surface area contributed by atoms with Gasteiger partial charge in [-0.2, -0.15) is 0 Å². The summed E-state index contributed by atoms with van der Waals surface area (Å²) in [5, 5.41) is 9.11. The Kier molecular flexibility index (Phi) is 3.40. The van der Waals surface area contributed by atoms with E-state index in [0.29, 0.717) is 0 Å². The summed E-state index contributed by atoms with van der Waals surface area (Å²) >= 11 is 1.63. The van der Waals surface area contributed by atoms with E-state index >= 15 is 0 Å². The normalized spacial score (nSPS) is 11.2. The molecule has 0 unspecified atom stereocenters. The molecule has 0 saturated carbocycles. The van der Waals surface area contributed by atoms with Crippen molar-refractivity contribution in [2.45, 2.75) is 24.8 Å². The van der Waals surface area contributed by atoms with Crippen LogP contribution in [0.3, 0.4) is 0 Å². The second-order valence-corrected chi connectivity index (χ2v) is 5.56. The fourth-order valence-electron chi connectivity index (χ4n) is 1.91. The number of aromatic nitrogens is 5. The molecule has 0 atom stereocenters. The molecular weight excluding hydrogens is 270 g/mol. The molecule has 3 rings (SSSR count). The third kappa shape index (κ3) is 2.38. The second kappa shape index (κ2) is 5.20. The highest BCUT2D eigenvalue weighted by Gasteiger charge is 2.09. The Morgan fingerprint density at radius 2 is 1.75 bits per heavy atom. The maximum atomic E-state index is 4.69. The largest absolute Gasteiger partial charge is 0.309 e. The van der Waals surface area contributed by atoms with E-state index in [9.17, 15) is 0 Å². The first-order chi connectivity index (χ1) is 9.65. The van der Waals surface area contributed by atoms with Gasteiger partial charge in [0.1, 0.15) is 5.82 Å². The SMILES string of the molecule is Cc1nc2ccccc2nc1CSc1nnc(C)n1C. The molecule has 0 radical (unpaired) electrons. The Morgan fingerprint density at radius 1 is 1.05 bits per heavy atom. The van der Waals surface area contributed by atoms with Crippen molar-refractivity contribution >= 4 is 22.8 Å². The molecule has 20 heavy (non-hydrogen) atoms. The van der Waals surface area contributed by atoms with Gasteiger partial charge in [-0.3, -0.25) is 0 Å². The average molecular weight is 285 g/mol. The molecule has 0 amide bonds. The molecule has 0 aliphatic carbocycles. The number of para-hydroxylation sites is 2. The lowest BCUT2D eigenvalue weighted by Gasteiger charge is -2.06. The number of aryl methyl sites for hydroxylation is 2. The monoisotopic (exact) mass is 285 g/mol. The molecule has 5 nitrogen and oxygen atoms in total. The summed E-state index contributed by atoms with van der Waals surface area (Å²) in [6, 6.07) is 7.93. The smallest absolute Gasteiger partial charge is 0.191 e. The molecule has 0 N–H and O–H groups in total. The lowest BCUT2D eigenvalue weighted by molar-refractivity contribution is 0.765. The zero-order valence-electron chi connectivity index (χ0n) is 11.7. The summed E-state index contributed by atoms with van der Waals surface area (Å²) in [4.78, 5) is 9.28. The van der Waals surface area contributed by atoms with Crippen molar-refractivity contribution in [2.75, 3.05) is 0 Å². The van der Waals surface area contributed by atoms with E-state index in [1.165, 1.54) is 0 Å². The number of benzene rings is 1. The summed E-state index contributed by atoms with van der Waals surface area (Å²) in [6.45, 7) is 3.94. The van der Waals surface area contributed by atoms with E-state index in [4.69, 9.17) is 0 Å². The third-order valence-corrected chi connectivity index (χ3v) is 4.27. The Labute approximate surface area is 121 Å². The molecule has 0 bridgehead atoms. The maximum Gasteiger partial charge on any atom is 0.191 e. The molecule has 6 heteroatoms. The molecule has 3 aromatic rings. The van der Waals surface area contributed by atoms with Crippen LogP contribution >= 0.6 is 11.8 Å². The van der Waals surface area contributed by atoms with Gasteiger partial charge in [-0.1, -0.05) is 23.9 Å². The Morgan fingerprint density at radius 3 is 2.40 bits per heavy atom. The fourth-order valence-corrected chi connectivity index (χ4v) is 2.87. The summed E-state index contributed by atoms with van der Waals surface area (Å²) in [6.07, 6.45) is 0. The van der Waals surface area contributed by atoms with E-state index in [-0.39, 0.29) is 0 Å². The lowest BCUT2D eigenvalue weighted by Crippen LogP contribution is -1.98. The average Bonchev–Trinajstić information content (AvgIpc) is 2.76. The van der Waals surface area contributed by atoms with E-state index in [0.717, 1.165) is 39.2 Å². The molecule has 0 aliphatic heterocycles. The van der Waals surface area contributed by atoms with Crippen molar-refractivity contribution in [1.82, 2.24) is 24.7 Å². The minimum Gasteiger partial charge on any atom is -0.309 e. The number of fused-ring (bicyclic) bond motifs is 1. The van der Waals surface area contributed by atoms with Crippen LogP contribution in [0.15, 0.2) is 29.4 Å². The number of hydrogen-bond acceptors (Lipinski definition) is 5. The summed E-state index contributed by atoms with van der Waals surface area (Å²) in [5.74, 6) is 1.66. The van der Waals surface area contributed by atoms with Crippen molar-refractivity contribution in [3.8, 4) is 0 Å². The van der Waals surface area contributed by atoms with Gasteiger partial charge in [0, 0.05) is 12.8 Å². The van der Waals surface area contributed by atoms with Crippen LogP contribution in [0, 0.1) is 13.8 Å². The first-order valence-corrected chi connectivity index (χ1v) is 7.35. The first-order valence-electron chi connectivity index (χ1n) is 6.36. The number of nitrogens with zero attached hydrogens (tertiary/aromatic N) is 5. The fraction of sp³-hybridized carbons (Fsp3) is 0.286. The van der Waals surface area contributed by atoms with E-state index in [1.54, 1.807) is 11.8 Å². The van der Waals surface area contributed by atoms with Crippen LogP contribution in [0.25, 0.3) is 11.0 Å². The van der Waals surface area contributed by atoms with Gasteiger partial charge in [0.2, 0.25) is 0 Å². The summed E-state index contributed by atoms with van der Waals surface area (Å²) in [7, 11) is 1.97. The molecule has 2 aromatic heterocycles. The number of hydrogen-bond donors (Lipinski definition) is 0. The van der Waals surface area contributed by atoms with Crippen LogP contribution in [0.4, 0.5) is 0 Å². The van der Waals surface area contributed by atoms with Crippen molar-refractivity contribution in [3.05, 3.63) is 41.5 Å². The zero-order valence-corrected chi connectivity index (χ0v) is 12.5. The van der Waals surface area contributed by atoms with Crippen LogP contribution < -0.4 is 0 Å². The Balaban J connectivity index is 1.87. The van der Waals surface area contributed by atoms with Gasteiger partial charge in [0.25, 0.3) is 0 Å². The molecule has 2 heterocycles. The van der Waals surface area contributed by atoms with Crippen LogP contribution in [0.5, 0.6) is 0 Å². The van der Waals surface area contributed by atoms with Gasteiger partial charge in [-0.15, -0.1) is 10.2 Å². The van der Waals surface area contributed by atoms with Crippen LogP contribution in [-0.4, -0.2) is 24.7 Å². The highest BCUT2D eigenvalue weighted by Crippen LogP contribution is 2.22. The number of rotatable bonds is 3. The molecular formula is C14H15N5S. The van der Waals surface area contributed by atoms with Gasteiger partial charge in [-0.05, 0) is 26.0 Å². The topological polar surface area (TPSA) is 56.5 Å². The highest BCUT2D eigenvalue weighted by atomic mass is 32.2. The standard InChI is InChI=1S/C14H15N5S/c1-9-13(8-20-14-18-17-10(2)19(14)3)16-12-7-5-4-6-11(12)15-9/h4-7H,8H2,1-3H3. The van der Waals surface area contributed by atoms with Gasteiger partial charge in [-0.25, -0.2) is 9.97 Å². The predicted molar refractivity (Wildman–Crippen MR) is 79.6 cm³/mol. The maximum absolute atomic E-state index is 4.69. The molecule has 0 fully saturated rings. The Hall–Kier alpha value is -1.95. The van der Waals surface area contributed by atoms with E-state index in [2.05, 4.69) is 20.2 Å². The Bertz CT molecular complexity index is 765. The lowest BCUT2D eigenvalue weighted by atomic mass is 10.2. The molecule has 0 spiro atoms. The zero-order chi connectivity index (χ0) is 14.1. The van der Waals surface area contributed by atoms with Crippen molar-refractivity contribution in [2.24, 2.45) is 7.05 Å². The van der Waals surface area contributed by atoms with Crippen LogP contribution in [0.2, 0.25) is 0 Å². The predicted octanol–water partition coefficient (Wildman–Crippen LogP) is 2.67. The van der Waals surface area contributed by atoms with Gasteiger partial charge in [0.15, 0.2) is 5.16 Å². The van der Waals surface area contributed by atoms with Crippen molar-refractivity contribution < 1.29 is 0 Å². The van der Waals surface area contributed by atoms with Crippen LogP contribution in [-0.2, 0) is 12.8 Å². The van der Waals surface area contributed by atoms with Gasteiger partial charge < -0.3 is 4.57 Å². The van der Waals surface area contributed by atoms with E-state index in [1.807, 2.05) is 49.7 Å². The van der Waals surface area contributed by atoms with Crippen molar-refractivity contribution in [1.29, 1.82) is 0 Å². The summed E-state index contributed by atoms with van der Waals surface area (Å²) < 4.78 is 1.98. The first kappa shape index (κ1) is 13.1. The molecule has 102 valence electrons. The minimum atomic E-state index is 0.746. The van der Waals surface area contributed by atoms with Crippen LogP contribution in [0.1, 0.15) is 17.2 Å². The third-order valence-electron chi connectivity index (χ3n) is 3.23. The van der Waals surface area contributed by atoms with Crippen molar-refractivity contribution in [3.63, 3.8) is 0 Å². The number of thioether (sulfide) groups is 1. The molecule has 0 saturated heterocycles. The highest BCUT2D eigenvalue weighted by molar-refractivity contribution is 7.98. The molecule has 0 aliphatic rings.